The molecule has 2 N–H and O–H groups in total. The van der Waals surface area contributed by atoms with Crippen LogP contribution in [0, 0.1) is 0 Å². The Hall–Kier alpha value is -0.830. The lowest BCUT2D eigenvalue weighted by Crippen LogP contribution is -2.16. The Morgan fingerprint density at radius 2 is 2.19 bits per heavy atom. The molecule has 0 spiro atoms. The molecule has 0 amide bonds. The van der Waals surface area contributed by atoms with Crippen molar-refractivity contribution in [2.24, 2.45) is 5.73 Å². The van der Waals surface area contributed by atoms with Gasteiger partial charge >= 0.3 is 0 Å². The van der Waals surface area contributed by atoms with E-state index in [0.717, 1.165) is 6.42 Å². The molecule has 1 fully saturated rings. The Kier molecular flexibility index (Phi) is 3.33. The van der Waals surface area contributed by atoms with Crippen LogP contribution >= 0.6 is 0 Å². The maximum Gasteiger partial charge on any atom is 0.0659 e. The average Bonchev–Trinajstić information content (AvgIpc) is 2.58. The van der Waals surface area contributed by atoms with Gasteiger partial charge in [0.2, 0.25) is 0 Å². The second-order valence-electron chi connectivity index (χ2n) is 5.11. The molecule has 1 aromatic heterocycles. The quantitative estimate of drug-likeness (QED) is 0.848. The first-order chi connectivity index (χ1) is 7.63. The minimum atomic E-state index is 0.0790. The summed E-state index contributed by atoms with van der Waals surface area (Å²) < 4.78 is 2.14. The number of rotatable bonds is 4. The highest BCUT2D eigenvalue weighted by molar-refractivity contribution is 5.19. The van der Waals surface area contributed by atoms with E-state index in [2.05, 4.69) is 24.6 Å². The first-order valence-electron chi connectivity index (χ1n) is 6.48. The molecule has 0 aromatic carbocycles. The first-order valence-corrected chi connectivity index (χ1v) is 6.48. The molecule has 0 bridgehead atoms. The maximum absolute atomic E-state index is 6.02. The lowest BCUT2D eigenvalue weighted by atomic mass is 9.83. The molecule has 90 valence electrons. The summed E-state index contributed by atoms with van der Waals surface area (Å²) in [6.07, 6.45) is 5.06. The van der Waals surface area contributed by atoms with Gasteiger partial charge in [0.15, 0.2) is 0 Å². The lowest BCUT2D eigenvalue weighted by molar-refractivity contribution is 0.394. The summed E-state index contributed by atoms with van der Waals surface area (Å²) in [5, 5.41) is 4.76. The third-order valence-electron chi connectivity index (χ3n) is 3.78. The highest BCUT2D eigenvalue weighted by Gasteiger charge is 2.25. The van der Waals surface area contributed by atoms with Crippen molar-refractivity contribution in [1.29, 1.82) is 0 Å². The van der Waals surface area contributed by atoms with E-state index < -0.39 is 0 Å². The molecule has 2 atom stereocenters. The van der Waals surface area contributed by atoms with Crippen molar-refractivity contribution < 1.29 is 0 Å². The van der Waals surface area contributed by atoms with Crippen molar-refractivity contribution in [3.8, 4) is 0 Å². The molecule has 2 unspecified atom stereocenters. The monoisotopic (exact) mass is 221 g/mol. The van der Waals surface area contributed by atoms with E-state index in [9.17, 15) is 0 Å². The van der Waals surface area contributed by atoms with Crippen molar-refractivity contribution in [3.05, 3.63) is 17.5 Å². The van der Waals surface area contributed by atoms with Gasteiger partial charge in [0.25, 0.3) is 0 Å². The zero-order valence-corrected chi connectivity index (χ0v) is 10.6. The smallest absolute Gasteiger partial charge is 0.0659 e. The normalized spacial score (nSPS) is 20.5. The van der Waals surface area contributed by atoms with Crippen molar-refractivity contribution in [3.63, 3.8) is 0 Å². The molecule has 16 heavy (non-hydrogen) atoms. The Morgan fingerprint density at radius 3 is 2.62 bits per heavy atom. The Labute approximate surface area is 98.0 Å². The minimum Gasteiger partial charge on any atom is -0.323 e. The van der Waals surface area contributed by atoms with Gasteiger partial charge < -0.3 is 5.73 Å². The van der Waals surface area contributed by atoms with Gasteiger partial charge in [-0.1, -0.05) is 13.3 Å². The molecular formula is C13H23N3. The molecule has 2 rings (SSSR count). The molecule has 1 saturated carbocycles. The van der Waals surface area contributed by atoms with Gasteiger partial charge in [0.05, 0.1) is 11.4 Å². The molecule has 1 aliphatic carbocycles. The van der Waals surface area contributed by atoms with Crippen LogP contribution in [-0.4, -0.2) is 9.78 Å². The molecular weight excluding hydrogens is 198 g/mol. The SMILES string of the molecule is CCC(C)n1nc(C2CCC2)cc1C(C)N. The van der Waals surface area contributed by atoms with Gasteiger partial charge in [0, 0.05) is 18.0 Å². The Morgan fingerprint density at radius 1 is 1.50 bits per heavy atom. The van der Waals surface area contributed by atoms with Crippen LogP contribution in [0.5, 0.6) is 0 Å². The zero-order chi connectivity index (χ0) is 11.7. The Bertz CT molecular complexity index is 350. The molecule has 0 aliphatic heterocycles. The fraction of sp³-hybridized carbons (Fsp3) is 0.769. The van der Waals surface area contributed by atoms with Crippen molar-refractivity contribution in [2.45, 2.75) is 64.5 Å². The van der Waals surface area contributed by atoms with Gasteiger partial charge in [-0.15, -0.1) is 0 Å². The van der Waals surface area contributed by atoms with Crippen LogP contribution in [-0.2, 0) is 0 Å². The fourth-order valence-electron chi connectivity index (χ4n) is 2.20. The van der Waals surface area contributed by atoms with Crippen LogP contribution in [0.2, 0.25) is 0 Å². The van der Waals surface area contributed by atoms with Gasteiger partial charge in [-0.25, -0.2) is 0 Å². The number of nitrogens with zero attached hydrogens (tertiary/aromatic N) is 2. The van der Waals surface area contributed by atoms with Gasteiger partial charge in [-0.2, -0.15) is 5.10 Å². The summed E-state index contributed by atoms with van der Waals surface area (Å²) in [7, 11) is 0. The predicted molar refractivity (Wildman–Crippen MR) is 66.4 cm³/mol. The fourth-order valence-corrected chi connectivity index (χ4v) is 2.20. The van der Waals surface area contributed by atoms with E-state index in [1.54, 1.807) is 0 Å². The highest BCUT2D eigenvalue weighted by atomic mass is 15.3. The minimum absolute atomic E-state index is 0.0790. The van der Waals surface area contributed by atoms with Crippen LogP contribution in [0.1, 0.15) is 75.8 Å². The van der Waals surface area contributed by atoms with Crippen LogP contribution in [0.15, 0.2) is 6.07 Å². The molecule has 0 saturated heterocycles. The topological polar surface area (TPSA) is 43.8 Å². The molecule has 3 nitrogen and oxygen atoms in total. The number of hydrogen-bond acceptors (Lipinski definition) is 2. The second kappa shape index (κ2) is 4.58. The van der Waals surface area contributed by atoms with Crippen molar-refractivity contribution in [2.75, 3.05) is 0 Å². The van der Waals surface area contributed by atoms with Gasteiger partial charge in [0.1, 0.15) is 0 Å². The molecule has 3 heteroatoms. The summed E-state index contributed by atoms with van der Waals surface area (Å²) in [5.74, 6) is 0.697. The maximum atomic E-state index is 6.02. The standard InChI is InChI=1S/C13H23N3/c1-4-9(2)16-13(10(3)14)8-12(15-16)11-6-5-7-11/h8-11H,4-7,14H2,1-3H3. The highest BCUT2D eigenvalue weighted by Crippen LogP contribution is 2.36. The van der Waals surface area contributed by atoms with Gasteiger partial charge in [-0.3, -0.25) is 4.68 Å². The summed E-state index contributed by atoms with van der Waals surface area (Å²) in [6, 6.07) is 2.76. The van der Waals surface area contributed by atoms with E-state index in [0.29, 0.717) is 12.0 Å². The van der Waals surface area contributed by atoms with E-state index in [1.807, 2.05) is 6.92 Å². The van der Waals surface area contributed by atoms with E-state index in [4.69, 9.17) is 10.8 Å². The van der Waals surface area contributed by atoms with Gasteiger partial charge in [-0.05, 0) is 39.2 Å². The number of aromatic nitrogens is 2. The average molecular weight is 221 g/mol. The Balaban J connectivity index is 2.29. The van der Waals surface area contributed by atoms with E-state index >= 15 is 0 Å². The molecule has 0 radical (unpaired) electrons. The third-order valence-corrected chi connectivity index (χ3v) is 3.78. The molecule has 1 aromatic rings. The summed E-state index contributed by atoms with van der Waals surface area (Å²) >= 11 is 0. The van der Waals surface area contributed by atoms with Crippen molar-refractivity contribution in [1.82, 2.24) is 9.78 Å². The summed E-state index contributed by atoms with van der Waals surface area (Å²) in [4.78, 5) is 0. The number of hydrogen-bond donors (Lipinski definition) is 1. The summed E-state index contributed by atoms with van der Waals surface area (Å²) in [6.45, 7) is 6.45. The van der Waals surface area contributed by atoms with Crippen LogP contribution in [0.3, 0.4) is 0 Å². The largest absolute Gasteiger partial charge is 0.323 e. The zero-order valence-electron chi connectivity index (χ0n) is 10.6. The van der Waals surface area contributed by atoms with E-state index in [1.165, 1.54) is 30.7 Å². The second-order valence-corrected chi connectivity index (χ2v) is 5.11. The van der Waals surface area contributed by atoms with Crippen LogP contribution in [0.4, 0.5) is 0 Å². The number of nitrogens with two attached hydrogens (primary N) is 1. The van der Waals surface area contributed by atoms with Crippen molar-refractivity contribution >= 4 is 0 Å². The molecule has 1 heterocycles. The van der Waals surface area contributed by atoms with Crippen LogP contribution in [0.25, 0.3) is 0 Å². The van der Waals surface area contributed by atoms with Crippen LogP contribution < -0.4 is 5.73 Å². The third kappa shape index (κ3) is 2.01. The summed E-state index contributed by atoms with van der Waals surface area (Å²) in [5.41, 5.74) is 8.47. The lowest BCUT2D eigenvalue weighted by Gasteiger charge is -2.23. The molecule has 1 aliphatic rings. The predicted octanol–water partition coefficient (Wildman–Crippen LogP) is 3.14. The van der Waals surface area contributed by atoms with E-state index in [-0.39, 0.29) is 6.04 Å². The first kappa shape index (κ1) is 11.6.